The van der Waals surface area contributed by atoms with Crippen molar-refractivity contribution in [1.82, 2.24) is 36.8 Å². The van der Waals surface area contributed by atoms with Gasteiger partial charge in [-0.25, -0.2) is 26.3 Å². The summed E-state index contributed by atoms with van der Waals surface area (Å²) in [4.78, 5) is 126. The zero-order valence-electron chi connectivity index (χ0n) is 37.8. The minimum absolute atomic E-state index is 0.0402. The number of nitrogens with two attached hydrogens (primary N) is 1. The first-order chi connectivity index (χ1) is 32.4. The Morgan fingerprint density at radius 3 is 1.68 bits per heavy atom. The number of likely N-dealkylation sites (N-methyl/N-ethyl adjacent to an activating group) is 1. The van der Waals surface area contributed by atoms with Gasteiger partial charge in [0.15, 0.2) is 23.3 Å². The van der Waals surface area contributed by atoms with Gasteiger partial charge in [-0.3, -0.25) is 47.9 Å². The molecule has 0 radical (unpaired) electrons. The Labute approximate surface area is 397 Å². The SMILES string of the molecule is CCCCC(=O)N(C)[C@@H](CCC(=O)O)C(=O)NCC(=O)NCC(=O)N[C@@H](Cc1c(F)c(F)c(F)c(F)c1F)C(=O)N[C@@H](Cc1ccccc1F)C(=O)NCC(=O)NC(CC(=O)O)C(N)=O.CC[Se]C. The van der Waals surface area contributed by atoms with Crippen LogP contribution in [0, 0.1) is 34.9 Å². The van der Waals surface area contributed by atoms with E-state index in [1.165, 1.54) is 24.5 Å². The molecule has 8 amide bonds. The second-order valence-electron chi connectivity index (χ2n) is 14.7. The summed E-state index contributed by atoms with van der Waals surface area (Å²) < 4.78 is 86.7. The Bertz CT molecular complexity index is 2160. The van der Waals surface area contributed by atoms with E-state index in [9.17, 15) is 74.3 Å². The third-order valence-corrected chi connectivity index (χ3v) is 10.8. The summed E-state index contributed by atoms with van der Waals surface area (Å²) in [6.45, 7) is 1.04. The van der Waals surface area contributed by atoms with Crippen LogP contribution >= 0.6 is 0 Å². The molecular formula is C42H54F6N8O12Se. The van der Waals surface area contributed by atoms with Crippen molar-refractivity contribution in [3.8, 4) is 0 Å². The molecule has 0 aromatic heterocycles. The van der Waals surface area contributed by atoms with Crippen molar-refractivity contribution in [3.05, 3.63) is 70.3 Å². The summed E-state index contributed by atoms with van der Waals surface area (Å²) in [7, 11) is 1.26. The number of halogens is 6. The van der Waals surface area contributed by atoms with Gasteiger partial charge < -0.3 is 52.7 Å². The molecule has 0 saturated heterocycles. The van der Waals surface area contributed by atoms with Gasteiger partial charge >= 0.3 is 45.0 Å². The minimum atomic E-state index is -2.57. The molecule has 0 aliphatic rings. The van der Waals surface area contributed by atoms with E-state index in [1.54, 1.807) is 0 Å². The van der Waals surface area contributed by atoms with Crippen molar-refractivity contribution in [2.75, 3.05) is 26.7 Å². The van der Waals surface area contributed by atoms with E-state index in [0.29, 0.717) is 12.8 Å². The second kappa shape index (κ2) is 30.6. The number of carbonyl (C=O) groups is 10. The van der Waals surface area contributed by atoms with Crippen molar-refractivity contribution in [2.45, 2.75) is 101 Å². The first kappa shape index (κ1) is 60.3. The normalized spacial score (nSPS) is 12.3. The van der Waals surface area contributed by atoms with Crippen LogP contribution in [0.4, 0.5) is 26.3 Å². The van der Waals surface area contributed by atoms with Crippen LogP contribution in [0.5, 0.6) is 0 Å². The predicted molar refractivity (Wildman–Crippen MR) is 231 cm³/mol. The fourth-order valence-electron chi connectivity index (χ4n) is 5.75. The molecular weight excluding hydrogens is 1000 g/mol. The zero-order valence-corrected chi connectivity index (χ0v) is 39.5. The number of amides is 8. The number of rotatable bonds is 27. The number of hydrogen-bond donors (Lipinski definition) is 9. The van der Waals surface area contributed by atoms with Crippen LogP contribution in [0.15, 0.2) is 24.3 Å². The van der Waals surface area contributed by atoms with E-state index in [4.69, 9.17) is 15.9 Å². The Morgan fingerprint density at radius 1 is 0.652 bits per heavy atom. The number of nitrogens with one attached hydrogen (secondary N) is 6. The molecule has 2 aromatic rings. The summed E-state index contributed by atoms with van der Waals surface area (Å²) in [5.41, 5.74) is 3.20. The van der Waals surface area contributed by atoms with Gasteiger partial charge in [0, 0.05) is 38.3 Å². The van der Waals surface area contributed by atoms with Crippen molar-refractivity contribution < 1.29 is 84.5 Å². The number of nitrogens with zero attached hydrogens (tertiary/aromatic N) is 1. The quantitative estimate of drug-likeness (QED) is 0.0250. The first-order valence-corrected chi connectivity index (χ1v) is 23.7. The number of benzene rings is 2. The summed E-state index contributed by atoms with van der Waals surface area (Å²) in [6, 6.07) is -2.71. The number of aliphatic carboxylic acids is 2. The molecule has 0 bridgehead atoms. The van der Waals surface area contributed by atoms with E-state index in [2.05, 4.69) is 18.1 Å². The number of hydrogen-bond acceptors (Lipinski definition) is 10. The van der Waals surface area contributed by atoms with Crippen LogP contribution in [0.25, 0.3) is 0 Å². The molecule has 27 heteroatoms. The fraction of sp³-hybridized carbons (Fsp3) is 0.476. The second-order valence-corrected chi connectivity index (χ2v) is 17.1. The van der Waals surface area contributed by atoms with Gasteiger partial charge in [-0.15, -0.1) is 0 Å². The van der Waals surface area contributed by atoms with Gasteiger partial charge in [-0.1, -0.05) is 31.5 Å². The number of primary amides is 1. The summed E-state index contributed by atoms with van der Waals surface area (Å²) in [6.07, 6.45) is -2.93. The third-order valence-electron chi connectivity index (χ3n) is 9.55. The maximum atomic E-state index is 14.9. The summed E-state index contributed by atoms with van der Waals surface area (Å²) in [5.74, 6) is -23.0. The van der Waals surface area contributed by atoms with Crippen molar-refractivity contribution in [3.63, 3.8) is 0 Å². The third kappa shape index (κ3) is 21.0. The van der Waals surface area contributed by atoms with E-state index in [0.717, 1.165) is 32.0 Å². The maximum absolute atomic E-state index is 14.9. The number of carboxylic acid groups (broad SMARTS) is 2. The molecule has 0 aliphatic carbocycles. The molecule has 10 N–H and O–H groups in total. The summed E-state index contributed by atoms with van der Waals surface area (Å²) >= 11 is 0.917. The Hall–Kier alpha value is -6.76. The molecule has 4 atom stereocenters. The average Bonchev–Trinajstić information content (AvgIpc) is 3.30. The monoisotopic (exact) mass is 1060 g/mol. The van der Waals surface area contributed by atoms with E-state index in [1.807, 2.05) is 33.5 Å². The molecule has 2 aromatic carbocycles. The fourth-order valence-corrected chi connectivity index (χ4v) is 5.75. The zero-order chi connectivity index (χ0) is 52.5. The molecule has 0 spiro atoms. The first-order valence-electron chi connectivity index (χ1n) is 20.8. The standard InChI is InChI=1S/C39H46F6N8O12.C3H8Se/c1-3-4-9-28(57)53(2)24(10-11-29(58)59)39(65)49-15-25(54)47-16-26(55)51-23(13-19-31(41)33(43)35(45)34(44)32(19)42)38(64)52-22(12-18-7-5-6-8-20(18)40)37(63)48-17-27(56)50-21(36(46)62)14-30(60)61;1-3-4-2/h5-8,21-24H,3-4,9-17H2,1-2H3,(H2,46,62)(H,47,54)(H,48,63)(H,49,65)(H,50,56)(H,51,55)(H,52,64)(H,58,59)(H,60,61);3H2,1-2H3/t21?,22-,23-,24-;/m0./s1. The molecule has 0 heterocycles. The van der Waals surface area contributed by atoms with Crippen LogP contribution in [-0.4, -0.2) is 140 Å². The van der Waals surface area contributed by atoms with Crippen molar-refractivity contribution >= 4 is 74.2 Å². The predicted octanol–water partition coefficient (Wildman–Crippen LogP) is 0.128. The van der Waals surface area contributed by atoms with Gasteiger partial charge in [0.2, 0.25) is 53.1 Å². The molecule has 0 fully saturated rings. The van der Waals surface area contributed by atoms with Crippen molar-refractivity contribution in [2.24, 2.45) is 5.73 Å². The van der Waals surface area contributed by atoms with Crippen LogP contribution in [0.2, 0.25) is 11.1 Å². The van der Waals surface area contributed by atoms with Gasteiger partial charge in [-0.05, 0) is 24.5 Å². The van der Waals surface area contributed by atoms with E-state index >= 15 is 0 Å². The number of unbranched alkanes of at least 4 members (excludes halogenated alkanes) is 1. The molecule has 69 heavy (non-hydrogen) atoms. The Kier molecular flexibility index (Phi) is 26.7. The molecule has 1 unspecified atom stereocenters. The molecule has 382 valence electrons. The van der Waals surface area contributed by atoms with E-state index in [-0.39, 0.29) is 18.4 Å². The Morgan fingerprint density at radius 2 is 1.16 bits per heavy atom. The number of carboxylic acids is 2. The van der Waals surface area contributed by atoms with Gasteiger partial charge in [0.1, 0.15) is 30.0 Å². The van der Waals surface area contributed by atoms with Crippen LogP contribution in [0.1, 0.15) is 63.5 Å². The molecule has 0 saturated carbocycles. The van der Waals surface area contributed by atoms with Crippen LogP contribution < -0.4 is 37.6 Å². The van der Waals surface area contributed by atoms with Crippen LogP contribution in [0.3, 0.4) is 0 Å². The van der Waals surface area contributed by atoms with Crippen LogP contribution in [-0.2, 0) is 60.8 Å². The van der Waals surface area contributed by atoms with Crippen molar-refractivity contribution in [1.29, 1.82) is 0 Å². The molecule has 0 aliphatic heterocycles. The number of carbonyl (C=O) groups excluding carboxylic acids is 8. The molecule has 20 nitrogen and oxygen atoms in total. The topological polar surface area (TPSA) is 313 Å². The van der Waals surface area contributed by atoms with Gasteiger partial charge in [0.05, 0.1) is 26.1 Å². The van der Waals surface area contributed by atoms with Gasteiger partial charge in [0.25, 0.3) is 0 Å². The summed E-state index contributed by atoms with van der Waals surface area (Å²) in [5, 5.41) is 31.6. The molecule has 2 rings (SSSR count). The van der Waals surface area contributed by atoms with Gasteiger partial charge in [-0.2, -0.15) is 0 Å². The Balaban J connectivity index is 0.00000571. The van der Waals surface area contributed by atoms with E-state index < -0.39 is 169 Å². The average molecular weight is 1060 g/mol.